The molecule has 1 N–H and O–H groups in total. The lowest BCUT2D eigenvalue weighted by molar-refractivity contribution is -0.140. The normalized spacial score (nSPS) is 23.6. The first kappa shape index (κ1) is 15.5. The van der Waals surface area contributed by atoms with Crippen LogP contribution in [0.1, 0.15) is 12.5 Å². The largest absolute Gasteiger partial charge is 0.474 e. The standard InChI is InChI=1S/C12H14BrF3N2O2/c1-7-3-17-5-9(20-7)6-19-11-10(12(14,15)16)2-8(13)4-18-11/h2,4,7,9,17H,3,5-6H2,1H3. The SMILES string of the molecule is CC1CNCC(COc2ncc(Br)cc2C(F)(F)F)O1. The molecule has 0 amide bonds. The predicted octanol–water partition coefficient (Wildman–Crippen LogP) is 2.62. The molecule has 1 aromatic heterocycles. The summed E-state index contributed by atoms with van der Waals surface area (Å²) in [7, 11) is 0. The van der Waals surface area contributed by atoms with Crippen molar-refractivity contribution in [2.45, 2.75) is 25.3 Å². The van der Waals surface area contributed by atoms with E-state index < -0.39 is 17.6 Å². The second kappa shape index (κ2) is 6.28. The van der Waals surface area contributed by atoms with Gasteiger partial charge in [-0.15, -0.1) is 0 Å². The molecule has 1 aromatic rings. The van der Waals surface area contributed by atoms with E-state index >= 15 is 0 Å². The average molecular weight is 355 g/mol. The van der Waals surface area contributed by atoms with E-state index in [0.717, 1.165) is 12.6 Å². The van der Waals surface area contributed by atoms with E-state index in [-0.39, 0.29) is 23.3 Å². The lowest BCUT2D eigenvalue weighted by Crippen LogP contribution is -2.46. The Labute approximate surface area is 122 Å². The van der Waals surface area contributed by atoms with Crippen molar-refractivity contribution in [1.82, 2.24) is 10.3 Å². The molecule has 1 saturated heterocycles. The number of morpholine rings is 1. The zero-order valence-corrected chi connectivity index (χ0v) is 12.3. The second-order valence-electron chi connectivity index (χ2n) is 4.54. The number of nitrogens with one attached hydrogen (secondary N) is 1. The van der Waals surface area contributed by atoms with Gasteiger partial charge in [0.25, 0.3) is 0 Å². The first-order valence-corrected chi connectivity index (χ1v) is 6.87. The maximum absolute atomic E-state index is 12.9. The number of rotatable bonds is 3. The van der Waals surface area contributed by atoms with E-state index in [0.29, 0.717) is 6.54 Å². The third-order valence-corrected chi connectivity index (χ3v) is 3.19. The number of halogens is 4. The molecular formula is C12H14BrF3N2O2. The summed E-state index contributed by atoms with van der Waals surface area (Å²) < 4.78 is 49.6. The van der Waals surface area contributed by atoms with Gasteiger partial charge in [0, 0.05) is 23.8 Å². The Hall–Kier alpha value is -0.860. The number of ether oxygens (including phenoxy) is 2. The first-order chi connectivity index (χ1) is 9.36. The summed E-state index contributed by atoms with van der Waals surface area (Å²) in [6, 6.07) is 0.949. The smallest absolute Gasteiger partial charge is 0.421 e. The molecule has 0 radical (unpaired) electrons. The van der Waals surface area contributed by atoms with Crippen molar-refractivity contribution < 1.29 is 22.6 Å². The summed E-state index contributed by atoms with van der Waals surface area (Å²) in [6.45, 7) is 3.18. The number of hydrogen-bond donors (Lipinski definition) is 1. The quantitative estimate of drug-likeness (QED) is 0.906. The molecule has 0 bridgehead atoms. The van der Waals surface area contributed by atoms with E-state index in [1.807, 2.05) is 6.92 Å². The molecule has 0 aromatic carbocycles. The molecule has 1 aliphatic rings. The number of pyridine rings is 1. The van der Waals surface area contributed by atoms with Crippen molar-refractivity contribution in [3.63, 3.8) is 0 Å². The molecule has 2 rings (SSSR count). The minimum Gasteiger partial charge on any atom is -0.474 e. The fraction of sp³-hybridized carbons (Fsp3) is 0.583. The van der Waals surface area contributed by atoms with Gasteiger partial charge in [0.15, 0.2) is 0 Å². The van der Waals surface area contributed by atoms with Crippen molar-refractivity contribution in [3.8, 4) is 5.88 Å². The molecule has 4 nitrogen and oxygen atoms in total. The Morgan fingerprint density at radius 3 is 2.90 bits per heavy atom. The molecule has 2 unspecified atom stereocenters. The highest BCUT2D eigenvalue weighted by molar-refractivity contribution is 9.10. The van der Waals surface area contributed by atoms with Gasteiger partial charge in [0.05, 0.1) is 6.10 Å². The molecule has 112 valence electrons. The van der Waals surface area contributed by atoms with E-state index in [1.54, 1.807) is 0 Å². The summed E-state index contributed by atoms with van der Waals surface area (Å²) in [6.07, 6.45) is -3.51. The Morgan fingerprint density at radius 1 is 1.50 bits per heavy atom. The van der Waals surface area contributed by atoms with Crippen LogP contribution in [0.5, 0.6) is 5.88 Å². The minimum atomic E-state index is -4.51. The molecule has 20 heavy (non-hydrogen) atoms. The number of aromatic nitrogens is 1. The topological polar surface area (TPSA) is 43.4 Å². The van der Waals surface area contributed by atoms with Gasteiger partial charge >= 0.3 is 6.18 Å². The summed E-state index contributed by atoms with van der Waals surface area (Å²) in [5, 5.41) is 3.12. The Bertz CT molecular complexity index is 471. The molecule has 0 aliphatic carbocycles. The molecule has 1 fully saturated rings. The van der Waals surface area contributed by atoms with Crippen LogP contribution in [0.2, 0.25) is 0 Å². The van der Waals surface area contributed by atoms with Gasteiger partial charge < -0.3 is 14.8 Å². The Morgan fingerprint density at radius 2 is 2.25 bits per heavy atom. The Balaban J connectivity index is 2.05. The number of nitrogens with zero attached hydrogens (tertiary/aromatic N) is 1. The van der Waals surface area contributed by atoms with Gasteiger partial charge in [-0.05, 0) is 28.9 Å². The van der Waals surface area contributed by atoms with Crippen molar-refractivity contribution >= 4 is 15.9 Å². The van der Waals surface area contributed by atoms with Crippen LogP contribution in [0.25, 0.3) is 0 Å². The van der Waals surface area contributed by atoms with Crippen LogP contribution in [0.3, 0.4) is 0 Å². The monoisotopic (exact) mass is 354 g/mol. The summed E-state index contributed by atoms with van der Waals surface area (Å²) in [5.74, 6) is -0.428. The van der Waals surface area contributed by atoms with E-state index in [1.165, 1.54) is 6.20 Å². The third-order valence-electron chi connectivity index (χ3n) is 2.76. The summed E-state index contributed by atoms with van der Waals surface area (Å²) in [4.78, 5) is 3.68. The highest BCUT2D eigenvalue weighted by atomic mass is 79.9. The Kier molecular flexibility index (Phi) is 4.87. The summed E-state index contributed by atoms with van der Waals surface area (Å²) >= 11 is 2.97. The highest BCUT2D eigenvalue weighted by Crippen LogP contribution is 2.36. The highest BCUT2D eigenvalue weighted by Gasteiger charge is 2.36. The summed E-state index contributed by atoms with van der Waals surface area (Å²) in [5.41, 5.74) is -0.899. The van der Waals surface area contributed by atoms with E-state index in [2.05, 4.69) is 26.2 Å². The van der Waals surface area contributed by atoms with Crippen LogP contribution in [0.15, 0.2) is 16.7 Å². The first-order valence-electron chi connectivity index (χ1n) is 6.08. The predicted molar refractivity (Wildman–Crippen MR) is 69.6 cm³/mol. The fourth-order valence-corrected chi connectivity index (χ4v) is 2.22. The van der Waals surface area contributed by atoms with Crippen LogP contribution < -0.4 is 10.1 Å². The van der Waals surface area contributed by atoms with Crippen LogP contribution in [-0.4, -0.2) is 36.9 Å². The van der Waals surface area contributed by atoms with Gasteiger partial charge in [-0.1, -0.05) is 0 Å². The minimum absolute atomic E-state index is 0.0114. The molecule has 0 spiro atoms. The van der Waals surface area contributed by atoms with Gasteiger partial charge in [-0.2, -0.15) is 13.2 Å². The van der Waals surface area contributed by atoms with Gasteiger partial charge in [0.2, 0.25) is 5.88 Å². The van der Waals surface area contributed by atoms with Crippen molar-refractivity contribution in [3.05, 3.63) is 22.3 Å². The lowest BCUT2D eigenvalue weighted by Gasteiger charge is -2.28. The van der Waals surface area contributed by atoms with E-state index in [4.69, 9.17) is 9.47 Å². The van der Waals surface area contributed by atoms with Gasteiger partial charge in [-0.3, -0.25) is 0 Å². The number of alkyl halides is 3. The fourth-order valence-electron chi connectivity index (χ4n) is 1.89. The maximum Gasteiger partial charge on any atom is 0.421 e. The van der Waals surface area contributed by atoms with Gasteiger partial charge in [-0.25, -0.2) is 4.98 Å². The lowest BCUT2D eigenvalue weighted by atomic mass is 10.2. The van der Waals surface area contributed by atoms with E-state index in [9.17, 15) is 13.2 Å². The van der Waals surface area contributed by atoms with Crippen LogP contribution >= 0.6 is 15.9 Å². The molecule has 0 saturated carbocycles. The van der Waals surface area contributed by atoms with Crippen LogP contribution in [-0.2, 0) is 10.9 Å². The van der Waals surface area contributed by atoms with Crippen LogP contribution in [0.4, 0.5) is 13.2 Å². The maximum atomic E-state index is 12.9. The third kappa shape index (κ3) is 4.07. The van der Waals surface area contributed by atoms with Crippen molar-refractivity contribution in [2.75, 3.05) is 19.7 Å². The average Bonchev–Trinajstić information content (AvgIpc) is 2.36. The molecule has 2 heterocycles. The van der Waals surface area contributed by atoms with Gasteiger partial charge in [0.1, 0.15) is 18.3 Å². The number of hydrogen-bond acceptors (Lipinski definition) is 4. The second-order valence-corrected chi connectivity index (χ2v) is 5.46. The molecular weight excluding hydrogens is 341 g/mol. The van der Waals surface area contributed by atoms with Crippen molar-refractivity contribution in [2.24, 2.45) is 0 Å². The molecule has 8 heteroatoms. The zero-order chi connectivity index (χ0) is 14.8. The zero-order valence-electron chi connectivity index (χ0n) is 10.7. The molecule has 2 atom stereocenters. The van der Waals surface area contributed by atoms with Crippen molar-refractivity contribution in [1.29, 1.82) is 0 Å². The van der Waals surface area contributed by atoms with Crippen LogP contribution in [0, 0.1) is 0 Å². The molecule has 1 aliphatic heterocycles.